The van der Waals surface area contributed by atoms with Crippen LogP contribution in [0, 0.1) is 0 Å². The smallest absolute Gasteiger partial charge is 0.161 e. The van der Waals surface area contributed by atoms with E-state index in [-0.39, 0.29) is 5.56 Å². The molecule has 126 valence electrons. The van der Waals surface area contributed by atoms with Gasteiger partial charge in [0.25, 0.3) is 0 Å². The lowest BCUT2D eigenvalue weighted by Crippen LogP contribution is -2.22. The normalized spacial score (nSPS) is 11.0. The molecule has 5 heteroatoms. The van der Waals surface area contributed by atoms with E-state index < -0.39 is 5.97 Å². The molecule has 0 amide bonds. The molecule has 0 aliphatic carbocycles. The molecule has 3 aromatic rings. The van der Waals surface area contributed by atoms with Crippen LogP contribution in [0.3, 0.4) is 0 Å². The Balaban J connectivity index is 2.00. The number of hydrogen-bond acceptors (Lipinski definition) is 5. The summed E-state index contributed by atoms with van der Waals surface area (Å²) in [6.07, 6.45) is 3.58. The summed E-state index contributed by atoms with van der Waals surface area (Å²) in [6.45, 7) is 0. The van der Waals surface area contributed by atoms with Crippen LogP contribution in [0.5, 0.6) is 11.5 Å². The Kier molecular flexibility index (Phi) is 4.66. The molecule has 0 fully saturated rings. The van der Waals surface area contributed by atoms with Crippen LogP contribution in [0.2, 0.25) is 0 Å². The van der Waals surface area contributed by atoms with Crippen molar-refractivity contribution in [1.29, 1.82) is 0 Å². The zero-order chi connectivity index (χ0) is 17.8. The van der Waals surface area contributed by atoms with E-state index in [1.807, 2.05) is 24.3 Å². The van der Waals surface area contributed by atoms with Gasteiger partial charge in [0, 0.05) is 10.9 Å². The third-order valence-electron chi connectivity index (χ3n) is 3.81. The fourth-order valence-electron chi connectivity index (χ4n) is 2.59. The van der Waals surface area contributed by atoms with Crippen molar-refractivity contribution < 1.29 is 19.4 Å². The number of pyridine rings is 1. The lowest BCUT2D eigenvalue weighted by molar-refractivity contribution is -0.254. The molecular weight excluding hydrogens is 318 g/mol. The van der Waals surface area contributed by atoms with E-state index in [4.69, 9.17) is 9.47 Å². The molecule has 2 aromatic carbocycles. The minimum atomic E-state index is -1.22. The first-order chi connectivity index (χ1) is 12.1. The largest absolute Gasteiger partial charge is 0.545 e. The van der Waals surface area contributed by atoms with Gasteiger partial charge in [-0.05, 0) is 35.9 Å². The second-order valence-corrected chi connectivity index (χ2v) is 5.35. The summed E-state index contributed by atoms with van der Waals surface area (Å²) in [5, 5.41) is 12.0. The number of carboxylic acid groups (broad SMARTS) is 1. The Morgan fingerprint density at radius 1 is 1.00 bits per heavy atom. The minimum Gasteiger partial charge on any atom is -0.545 e. The lowest BCUT2D eigenvalue weighted by Gasteiger charge is -2.09. The van der Waals surface area contributed by atoms with Crippen molar-refractivity contribution in [1.82, 2.24) is 4.98 Å². The van der Waals surface area contributed by atoms with E-state index in [1.54, 1.807) is 44.6 Å². The summed E-state index contributed by atoms with van der Waals surface area (Å²) in [6, 6.07) is 14.1. The Morgan fingerprint density at radius 3 is 2.48 bits per heavy atom. The number of aromatic carboxylic acids is 1. The van der Waals surface area contributed by atoms with Crippen LogP contribution in [0.1, 0.15) is 21.6 Å². The van der Waals surface area contributed by atoms with Crippen molar-refractivity contribution in [2.75, 3.05) is 14.2 Å². The number of carboxylic acids is 1. The van der Waals surface area contributed by atoms with Crippen LogP contribution in [0.15, 0.2) is 48.5 Å². The topological polar surface area (TPSA) is 71.5 Å². The van der Waals surface area contributed by atoms with Gasteiger partial charge in [0.15, 0.2) is 11.5 Å². The SMILES string of the molecule is COc1ccc(/C=C/c2cc(C(=O)[O-])c3ccccc3n2)cc1OC. The van der Waals surface area contributed by atoms with Crippen molar-refractivity contribution in [3.8, 4) is 11.5 Å². The predicted octanol–water partition coefficient (Wildman–Crippen LogP) is 2.79. The maximum atomic E-state index is 11.4. The molecule has 1 aromatic heterocycles. The van der Waals surface area contributed by atoms with Gasteiger partial charge in [-0.3, -0.25) is 0 Å². The molecule has 0 bridgehead atoms. The lowest BCUT2D eigenvalue weighted by atomic mass is 10.1. The second-order valence-electron chi connectivity index (χ2n) is 5.35. The fraction of sp³-hybridized carbons (Fsp3) is 0.100. The third kappa shape index (κ3) is 3.45. The standard InChI is InChI=1S/C20H17NO4/c1-24-18-10-8-13(11-19(18)25-2)7-9-14-12-16(20(22)23)15-5-3-4-6-17(15)21-14/h3-12H,1-2H3,(H,22,23)/p-1/b9-7+. The van der Waals surface area contributed by atoms with Gasteiger partial charge in [0.1, 0.15) is 0 Å². The molecule has 0 saturated heterocycles. The number of hydrogen-bond donors (Lipinski definition) is 0. The average molecular weight is 334 g/mol. The average Bonchev–Trinajstić information content (AvgIpc) is 2.65. The summed E-state index contributed by atoms with van der Waals surface area (Å²) < 4.78 is 10.5. The van der Waals surface area contributed by atoms with Crippen LogP contribution < -0.4 is 14.6 Å². The van der Waals surface area contributed by atoms with Crippen LogP contribution in [-0.2, 0) is 0 Å². The molecule has 0 N–H and O–H groups in total. The van der Waals surface area contributed by atoms with E-state index in [9.17, 15) is 9.90 Å². The monoisotopic (exact) mass is 334 g/mol. The summed E-state index contributed by atoms with van der Waals surface area (Å²) >= 11 is 0. The number of methoxy groups -OCH3 is 2. The predicted molar refractivity (Wildman–Crippen MR) is 94.5 cm³/mol. The van der Waals surface area contributed by atoms with Crippen LogP contribution >= 0.6 is 0 Å². The van der Waals surface area contributed by atoms with Crippen molar-refractivity contribution in [3.05, 3.63) is 65.4 Å². The number of nitrogens with zero attached hydrogens (tertiary/aromatic N) is 1. The number of carbonyl (C=O) groups excluding carboxylic acids is 1. The first-order valence-electron chi connectivity index (χ1n) is 7.63. The molecule has 0 aliphatic rings. The number of ether oxygens (including phenoxy) is 2. The molecular formula is C20H16NO4-. The highest BCUT2D eigenvalue weighted by atomic mass is 16.5. The number of carbonyl (C=O) groups is 1. The molecule has 3 rings (SSSR count). The molecule has 25 heavy (non-hydrogen) atoms. The van der Waals surface area contributed by atoms with Gasteiger partial charge < -0.3 is 19.4 Å². The molecule has 0 radical (unpaired) electrons. The Labute approximate surface area is 145 Å². The second kappa shape index (κ2) is 7.05. The third-order valence-corrected chi connectivity index (χ3v) is 3.81. The Morgan fingerprint density at radius 2 is 1.76 bits per heavy atom. The Bertz CT molecular complexity index is 963. The number of benzene rings is 2. The van der Waals surface area contributed by atoms with Crippen molar-refractivity contribution in [3.63, 3.8) is 0 Å². The molecule has 0 spiro atoms. The van der Waals surface area contributed by atoms with Gasteiger partial charge >= 0.3 is 0 Å². The zero-order valence-corrected chi connectivity index (χ0v) is 13.9. The molecule has 0 unspecified atom stereocenters. The molecule has 0 saturated carbocycles. The van der Waals surface area contributed by atoms with Crippen LogP contribution in [0.4, 0.5) is 0 Å². The van der Waals surface area contributed by atoms with Crippen LogP contribution in [0.25, 0.3) is 23.1 Å². The number of rotatable bonds is 5. The van der Waals surface area contributed by atoms with Crippen molar-refractivity contribution in [2.24, 2.45) is 0 Å². The van der Waals surface area contributed by atoms with E-state index >= 15 is 0 Å². The Hall–Kier alpha value is -3.34. The highest BCUT2D eigenvalue weighted by molar-refractivity contribution is 6.02. The zero-order valence-electron chi connectivity index (χ0n) is 13.9. The summed E-state index contributed by atoms with van der Waals surface area (Å²) in [5.74, 6) is 0.0358. The summed E-state index contributed by atoms with van der Waals surface area (Å²) in [7, 11) is 3.15. The maximum Gasteiger partial charge on any atom is 0.161 e. The highest BCUT2D eigenvalue weighted by Gasteiger charge is 2.06. The summed E-state index contributed by atoms with van der Waals surface area (Å²) in [5.41, 5.74) is 2.14. The summed E-state index contributed by atoms with van der Waals surface area (Å²) in [4.78, 5) is 15.9. The van der Waals surface area contributed by atoms with E-state index in [0.717, 1.165) is 5.56 Å². The van der Waals surface area contributed by atoms with Gasteiger partial charge in [0.05, 0.1) is 31.4 Å². The van der Waals surface area contributed by atoms with E-state index in [2.05, 4.69) is 4.98 Å². The van der Waals surface area contributed by atoms with Gasteiger partial charge in [-0.2, -0.15) is 0 Å². The van der Waals surface area contributed by atoms with Crippen LogP contribution in [-0.4, -0.2) is 25.2 Å². The van der Waals surface area contributed by atoms with Gasteiger partial charge in [-0.15, -0.1) is 0 Å². The molecule has 1 heterocycles. The minimum absolute atomic E-state index is 0.123. The van der Waals surface area contributed by atoms with Gasteiger partial charge in [-0.25, -0.2) is 4.98 Å². The van der Waals surface area contributed by atoms with Gasteiger partial charge in [0.2, 0.25) is 0 Å². The first kappa shape index (κ1) is 16.5. The fourth-order valence-corrected chi connectivity index (χ4v) is 2.59. The number of fused-ring (bicyclic) bond motifs is 1. The van der Waals surface area contributed by atoms with E-state index in [1.165, 1.54) is 6.07 Å². The van der Waals surface area contributed by atoms with Gasteiger partial charge in [-0.1, -0.05) is 30.3 Å². The quantitative estimate of drug-likeness (QED) is 0.717. The first-order valence-corrected chi connectivity index (χ1v) is 7.63. The number of para-hydroxylation sites is 1. The van der Waals surface area contributed by atoms with E-state index in [0.29, 0.717) is 28.1 Å². The molecule has 5 nitrogen and oxygen atoms in total. The highest BCUT2D eigenvalue weighted by Crippen LogP contribution is 2.28. The van der Waals surface area contributed by atoms with Crippen molar-refractivity contribution >= 4 is 29.0 Å². The van der Waals surface area contributed by atoms with Crippen molar-refractivity contribution in [2.45, 2.75) is 0 Å². The molecule has 0 atom stereocenters. The number of aromatic nitrogens is 1. The molecule has 0 aliphatic heterocycles. The maximum absolute atomic E-state index is 11.4.